The van der Waals surface area contributed by atoms with Crippen molar-refractivity contribution in [1.82, 2.24) is 4.90 Å². The molecule has 4 amide bonds. The number of methoxy groups -OCH3 is 1. The highest BCUT2D eigenvalue weighted by molar-refractivity contribution is 6.23. The van der Waals surface area contributed by atoms with Gasteiger partial charge in [0.1, 0.15) is 17.2 Å². The van der Waals surface area contributed by atoms with Gasteiger partial charge in [0.05, 0.1) is 36.5 Å². The van der Waals surface area contributed by atoms with E-state index in [0.717, 1.165) is 27.7 Å². The van der Waals surface area contributed by atoms with E-state index in [9.17, 15) is 19.2 Å². The molecule has 4 aromatic rings. The molecule has 6 unspecified atom stereocenters. The molecule has 8 nitrogen and oxygen atoms in total. The summed E-state index contributed by atoms with van der Waals surface area (Å²) in [5.74, 6) is -1.30. The first-order valence-corrected chi connectivity index (χ1v) is 17.3. The van der Waals surface area contributed by atoms with Crippen LogP contribution in [0.15, 0.2) is 109 Å². The summed E-state index contributed by atoms with van der Waals surface area (Å²) in [6, 6.07) is 31.9. The van der Waals surface area contributed by atoms with E-state index in [2.05, 4.69) is 57.2 Å². The number of benzene rings is 4. The highest BCUT2D eigenvalue weighted by Crippen LogP contribution is 2.58. The van der Waals surface area contributed by atoms with Crippen LogP contribution in [0.5, 0.6) is 17.2 Å². The van der Waals surface area contributed by atoms with E-state index in [-0.39, 0.29) is 40.9 Å². The molecule has 1 saturated carbocycles. The summed E-state index contributed by atoms with van der Waals surface area (Å²) in [6.07, 6.45) is 3.75. The molecule has 6 atom stereocenters. The Morgan fingerprint density at radius 3 is 1.33 bits per heavy atom. The predicted molar refractivity (Wildman–Crippen MR) is 194 cm³/mol. The molecule has 9 rings (SSSR count). The maximum Gasteiger partial charge on any atom is 0.238 e. The average molecular weight is 683 g/mol. The Kier molecular flexibility index (Phi) is 8.66. The van der Waals surface area contributed by atoms with Crippen molar-refractivity contribution in [2.45, 2.75) is 33.1 Å². The van der Waals surface area contributed by atoms with Crippen molar-refractivity contribution in [1.29, 1.82) is 0 Å². The first kappa shape index (κ1) is 34.0. The molecule has 260 valence electrons. The summed E-state index contributed by atoms with van der Waals surface area (Å²) in [5.41, 5.74) is 5.23. The minimum atomic E-state index is -0.552. The van der Waals surface area contributed by atoms with Crippen molar-refractivity contribution >= 4 is 29.3 Å². The fraction of sp³-hybridized carbons (Fsp3) is 0.302. The SMILES string of the molecule is COc1ccc(C(C)(C)c2ccc(Oc3ccc(C)cc3)cc2)cc1.Cc1ccc(N2C(=O)C3C4C=CC(C5C(=O)N(C)C(=O)C45)C3C2=O)cc1. The Labute approximate surface area is 298 Å². The summed E-state index contributed by atoms with van der Waals surface area (Å²) in [6.45, 7) is 8.46. The fourth-order valence-corrected chi connectivity index (χ4v) is 8.18. The van der Waals surface area contributed by atoms with Gasteiger partial charge in [-0.15, -0.1) is 0 Å². The number of imide groups is 2. The minimum Gasteiger partial charge on any atom is -0.497 e. The Morgan fingerprint density at radius 2 is 0.902 bits per heavy atom. The van der Waals surface area contributed by atoms with Crippen molar-refractivity contribution in [2.75, 3.05) is 19.1 Å². The van der Waals surface area contributed by atoms with E-state index >= 15 is 0 Å². The molecule has 2 saturated heterocycles. The summed E-state index contributed by atoms with van der Waals surface area (Å²) in [5, 5.41) is 0. The molecule has 2 heterocycles. The van der Waals surface area contributed by atoms with Crippen LogP contribution in [-0.2, 0) is 24.6 Å². The molecule has 0 aromatic heterocycles. The summed E-state index contributed by atoms with van der Waals surface area (Å²) < 4.78 is 11.2. The van der Waals surface area contributed by atoms with Gasteiger partial charge in [0.2, 0.25) is 23.6 Å². The summed E-state index contributed by atoms with van der Waals surface area (Å²) in [4.78, 5) is 53.8. The third-order valence-corrected chi connectivity index (χ3v) is 11.2. The van der Waals surface area contributed by atoms with Crippen LogP contribution in [0.4, 0.5) is 5.69 Å². The van der Waals surface area contributed by atoms with Crippen LogP contribution in [-0.4, -0.2) is 42.7 Å². The first-order valence-electron chi connectivity index (χ1n) is 17.3. The van der Waals surface area contributed by atoms with Gasteiger partial charge in [0.15, 0.2) is 0 Å². The predicted octanol–water partition coefficient (Wildman–Crippen LogP) is 7.27. The lowest BCUT2D eigenvalue weighted by atomic mass is 9.54. The largest absolute Gasteiger partial charge is 0.497 e. The zero-order chi connectivity index (χ0) is 36.2. The lowest BCUT2D eigenvalue weighted by molar-refractivity contribution is -0.138. The highest BCUT2D eigenvalue weighted by Gasteiger charge is 2.68. The van der Waals surface area contributed by atoms with Crippen LogP contribution in [0, 0.1) is 49.4 Å². The number of ether oxygens (including phenoxy) is 2. The van der Waals surface area contributed by atoms with Crippen molar-refractivity contribution < 1.29 is 28.7 Å². The van der Waals surface area contributed by atoms with Crippen LogP contribution in [0.3, 0.4) is 0 Å². The number of rotatable bonds is 6. The maximum atomic E-state index is 13.1. The molecule has 2 aliphatic heterocycles. The third kappa shape index (κ3) is 5.82. The van der Waals surface area contributed by atoms with Gasteiger partial charge in [-0.05, 0) is 73.5 Å². The van der Waals surface area contributed by atoms with Crippen LogP contribution >= 0.6 is 0 Å². The maximum absolute atomic E-state index is 13.1. The van der Waals surface area contributed by atoms with E-state index in [1.807, 2.05) is 67.6 Å². The fourth-order valence-electron chi connectivity index (χ4n) is 8.18. The van der Waals surface area contributed by atoms with E-state index in [0.29, 0.717) is 5.69 Å². The van der Waals surface area contributed by atoms with Gasteiger partial charge in [-0.25, -0.2) is 0 Å². The van der Waals surface area contributed by atoms with Crippen LogP contribution in [0.1, 0.15) is 36.1 Å². The molecule has 51 heavy (non-hydrogen) atoms. The molecule has 0 N–H and O–H groups in total. The standard InChI is InChI=1S/C23H24O2.C20H18N2O4/c1-17-5-11-21(12-6-17)25-22-15-9-19(10-16-22)23(2,3)18-7-13-20(24-4)14-8-18;1-9-3-5-10(6-4-9)22-19(25)15-11-7-8-12(16(15)20(22)26)14-13(11)17(23)21(2)18(14)24/h5-16H,1-4H3;3-8,11-16H,1-2H3. The quantitative estimate of drug-likeness (QED) is 0.157. The van der Waals surface area contributed by atoms with Gasteiger partial charge in [-0.3, -0.25) is 29.0 Å². The minimum absolute atomic E-state index is 0.0886. The number of allylic oxidation sites excluding steroid dienone is 2. The van der Waals surface area contributed by atoms with Gasteiger partial charge < -0.3 is 9.47 Å². The number of anilines is 1. The normalized spacial score (nSPS) is 24.7. The zero-order valence-corrected chi connectivity index (χ0v) is 29.7. The Balaban J connectivity index is 0.000000159. The summed E-state index contributed by atoms with van der Waals surface area (Å²) >= 11 is 0. The second-order valence-corrected chi connectivity index (χ2v) is 14.5. The Hall–Kier alpha value is -5.50. The van der Waals surface area contributed by atoms with Crippen LogP contribution < -0.4 is 14.4 Å². The van der Waals surface area contributed by atoms with Gasteiger partial charge in [0, 0.05) is 24.3 Å². The van der Waals surface area contributed by atoms with Crippen molar-refractivity contribution in [3.8, 4) is 17.2 Å². The molecular formula is C43H42N2O6. The molecule has 3 fully saturated rings. The molecule has 5 aliphatic rings. The van der Waals surface area contributed by atoms with E-state index in [1.54, 1.807) is 19.2 Å². The average Bonchev–Trinajstić information content (AvgIpc) is 3.56. The first-order chi connectivity index (χ1) is 24.4. The number of carbonyl (C=O) groups is 4. The highest BCUT2D eigenvalue weighted by atomic mass is 16.5. The molecule has 2 bridgehead atoms. The van der Waals surface area contributed by atoms with Gasteiger partial charge >= 0.3 is 0 Å². The van der Waals surface area contributed by atoms with Crippen molar-refractivity contribution in [2.24, 2.45) is 35.5 Å². The van der Waals surface area contributed by atoms with Crippen molar-refractivity contribution in [3.05, 3.63) is 131 Å². The van der Waals surface area contributed by atoms with Gasteiger partial charge in [0.25, 0.3) is 0 Å². The monoisotopic (exact) mass is 682 g/mol. The second kappa shape index (κ2) is 13.0. The number of amides is 4. The van der Waals surface area contributed by atoms with Gasteiger partial charge in [-0.2, -0.15) is 0 Å². The Morgan fingerprint density at radius 1 is 0.529 bits per heavy atom. The lowest BCUT2D eigenvalue weighted by Gasteiger charge is -2.44. The van der Waals surface area contributed by atoms with E-state index in [1.165, 1.54) is 28.6 Å². The zero-order valence-electron chi connectivity index (χ0n) is 29.7. The lowest BCUT2D eigenvalue weighted by Crippen LogP contribution is -2.50. The second-order valence-electron chi connectivity index (χ2n) is 14.5. The number of nitrogens with zero attached hydrogens (tertiary/aromatic N) is 2. The molecule has 0 radical (unpaired) electrons. The van der Waals surface area contributed by atoms with Crippen LogP contribution in [0.25, 0.3) is 0 Å². The number of carbonyl (C=O) groups excluding carboxylic acids is 4. The molecule has 8 heteroatoms. The molecular weight excluding hydrogens is 640 g/mol. The number of hydrogen-bond donors (Lipinski definition) is 0. The molecule has 3 aliphatic carbocycles. The van der Waals surface area contributed by atoms with E-state index < -0.39 is 23.7 Å². The van der Waals surface area contributed by atoms with Crippen molar-refractivity contribution in [3.63, 3.8) is 0 Å². The smallest absolute Gasteiger partial charge is 0.238 e. The Bertz CT molecular complexity index is 1960. The number of aryl methyl sites for hydroxylation is 2. The van der Waals surface area contributed by atoms with Gasteiger partial charge in [-0.1, -0.05) is 85.7 Å². The molecule has 0 spiro atoms. The van der Waals surface area contributed by atoms with Crippen LogP contribution in [0.2, 0.25) is 0 Å². The number of hydrogen-bond acceptors (Lipinski definition) is 6. The summed E-state index contributed by atoms with van der Waals surface area (Å²) in [7, 11) is 3.17. The van der Waals surface area contributed by atoms with E-state index in [4.69, 9.17) is 9.47 Å². The number of likely N-dealkylation sites (tertiary alicyclic amines) is 1. The third-order valence-electron chi connectivity index (χ3n) is 11.2. The topological polar surface area (TPSA) is 93.2 Å². The molecule has 4 aromatic carbocycles.